The zero-order valence-electron chi connectivity index (χ0n) is 27.1. The molecule has 5 aromatic rings. The molecule has 4 N–H and O–H groups in total. The molecule has 2 aromatic carbocycles. The Morgan fingerprint density at radius 3 is 1.98 bits per heavy atom. The van der Waals surface area contributed by atoms with Crippen LogP contribution in [0.3, 0.4) is 0 Å². The van der Waals surface area contributed by atoms with Crippen molar-refractivity contribution in [1.82, 2.24) is 35.6 Å². The minimum Gasteiger partial charge on any atom is -0.481 e. The molecule has 0 unspecified atom stereocenters. The summed E-state index contributed by atoms with van der Waals surface area (Å²) in [7, 11) is 1.60. The zero-order valence-corrected chi connectivity index (χ0v) is 28.6. The average Bonchev–Trinajstić information content (AvgIpc) is 3.84. The fourth-order valence-corrected chi connectivity index (χ4v) is 7.16. The van der Waals surface area contributed by atoms with Crippen LogP contribution in [0.4, 0.5) is 0 Å². The van der Waals surface area contributed by atoms with E-state index in [0.29, 0.717) is 54.1 Å². The Hall–Kier alpha value is -4.48. The number of nitrogens with zero attached hydrogens (tertiary/aromatic N) is 3. The first-order chi connectivity index (χ1) is 23.9. The molecule has 252 valence electrons. The van der Waals surface area contributed by atoms with Gasteiger partial charge < -0.3 is 30.4 Å². The van der Waals surface area contributed by atoms with Crippen molar-refractivity contribution in [2.24, 2.45) is 0 Å². The summed E-state index contributed by atoms with van der Waals surface area (Å²) in [6.45, 7) is 2.66. The third kappa shape index (κ3) is 7.28. The van der Waals surface area contributed by atoms with E-state index in [-0.39, 0.29) is 23.9 Å². The monoisotopic (exact) mass is 697 g/mol. The smallest absolute Gasteiger partial charge is 0.220 e. The maximum Gasteiger partial charge on any atom is 0.220 e. The minimum absolute atomic E-state index is 0.102. The SMILES string of the molecule is COc1nc(-c2cccc(-c3cccc(-c4cn5cc(CNC[C@H]6CCC(=O)N6)ccc5n4)c3Cl)c2Cl)ccc1CNC[C@@H]1CCC(=O)N1. The standard InChI is InChI=1S/C37H37Cl2N7O3/c1-49-37-23(17-41-19-25-11-15-34(48)43-25)9-12-30(45-37)28-6-2-4-26(35(28)38)27-5-3-7-29(36(27)39)31-21-46-20-22(8-13-32(46)44-31)16-40-18-24-10-14-33(47)42-24/h2-9,12-13,20-21,24-25,40-41H,10-11,14-19H2,1H3,(H,42,47)(H,43,48)/t24-,25+/m1/s1. The van der Waals surface area contributed by atoms with Gasteiger partial charge >= 0.3 is 0 Å². The van der Waals surface area contributed by atoms with Crippen molar-refractivity contribution >= 4 is 40.7 Å². The second-order valence-electron chi connectivity index (χ2n) is 12.5. The molecule has 10 nitrogen and oxygen atoms in total. The third-order valence-corrected chi connectivity index (χ3v) is 9.89. The van der Waals surface area contributed by atoms with Gasteiger partial charge in [0.2, 0.25) is 17.7 Å². The lowest BCUT2D eigenvalue weighted by Gasteiger charge is -2.15. The maximum atomic E-state index is 11.5. The molecular formula is C37H37Cl2N7O3. The summed E-state index contributed by atoms with van der Waals surface area (Å²) in [4.78, 5) is 32.6. The number of carbonyl (C=O) groups is 2. The van der Waals surface area contributed by atoms with Crippen molar-refractivity contribution < 1.29 is 14.3 Å². The number of carbonyl (C=O) groups excluding carboxylic acids is 2. The van der Waals surface area contributed by atoms with Crippen molar-refractivity contribution in [3.05, 3.63) is 94.2 Å². The van der Waals surface area contributed by atoms with E-state index >= 15 is 0 Å². The van der Waals surface area contributed by atoms with E-state index < -0.39 is 0 Å². The molecule has 0 saturated carbocycles. The summed E-state index contributed by atoms with van der Waals surface area (Å²) in [5, 5.41) is 13.9. The molecule has 2 atom stereocenters. The Morgan fingerprint density at radius 1 is 0.755 bits per heavy atom. The van der Waals surface area contributed by atoms with E-state index in [4.69, 9.17) is 37.9 Å². The lowest BCUT2D eigenvalue weighted by molar-refractivity contribution is -0.120. The van der Waals surface area contributed by atoms with E-state index in [1.807, 2.05) is 65.2 Å². The van der Waals surface area contributed by atoms with Gasteiger partial charge in [-0.1, -0.05) is 71.7 Å². The number of rotatable bonds is 12. The van der Waals surface area contributed by atoms with Crippen LogP contribution in [0, 0.1) is 0 Å². The molecule has 0 aliphatic carbocycles. The number of aromatic nitrogens is 3. The number of hydrogen-bond donors (Lipinski definition) is 4. The lowest BCUT2D eigenvalue weighted by Crippen LogP contribution is -2.35. The van der Waals surface area contributed by atoms with Gasteiger partial charge in [0, 0.05) is 91.3 Å². The third-order valence-electron chi connectivity index (χ3n) is 9.08. The molecule has 0 spiro atoms. The highest BCUT2D eigenvalue weighted by molar-refractivity contribution is 6.39. The highest BCUT2D eigenvalue weighted by Crippen LogP contribution is 2.42. The summed E-state index contributed by atoms with van der Waals surface area (Å²) in [6, 6.07) is 20.0. The van der Waals surface area contributed by atoms with E-state index in [1.54, 1.807) is 7.11 Å². The first-order valence-corrected chi connectivity index (χ1v) is 17.2. The zero-order chi connectivity index (χ0) is 33.9. The summed E-state index contributed by atoms with van der Waals surface area (Å²) in [5.74, 6) is 0.734. The second kappa shape index (κ2) is 14.6. The first kappa shape index (κ1) is 33.0. The molecule has 49 heavy (non-hydrogen) atoms. The van der Waals surface area contributed by atoms with Crippen LogP contribution in [-0.4, -0.2) is 58.5 Å². The van der Waals surface area contributed by atoms with Gasteiger partial charge in [0.1, 0.15) is 5.65 Å². The Bertz CT molecular complexity index is 2030. The molecular weight excluding hydrogens is 661 g/mol. The van der Waals surface area contributed by atoms with Gasteiger partial charge in [-0.25, -0.2) is 9.97 Å². The summed E-state index contributed by atoms with van der Waals surface area (Å²) in [5.41, 5.74) is 7.40. The number of nitrogens with one attached hydrogen (secondary N) is 4. The van der Waals surface area contributed by atoms with Crippen LogP contribution >= 0.6 is 23.2 Å². The van der Waals surface area contributed by atoms with Gasteiger partial charge in [0.25, 0.3) is 0 Å². The molecule has 2 amide bonds. The largest absolute Gasteiger partial charge is 0.481 e. The Morgan fingerprint density at radius 2 is 1.37 bits per heavy atom. The number of benzene rings is 2. The molecule has 2 fully saturated rings. The van der Waals surface area contributed by atoms with Gasteiger partial charge in [0.15, 0.2) is 0 Å². The van der Waals surface area contributed by atoms with Crippen molar-refractivity contribution in [3.8, 4) is 39.5 Å². The van der Waals surface area contributed by atoms with Crippen LogP contribution in [0.2, 0.25) is 10.0 Å². The number of imidazole rings is 1. The molecule has 12 heteroatoms. The molecule has 5 heterocycles. The van der Waals surface area contributed by atoms with Gasteiger partial charge in [-0.05, 0) is 30.5 Å². The van der Waals surface area contributed by atoms with E-state index in [2.05, 4.69) is 33.5 Å². The van der Waals surface area contributed by atoms with Gasteiger partial charge in [-0.15, -0.1) is 0 Å². The molecule has 2 aliphatic rings. The molecule has 2 aliphatic heterocycles. The highest BCUT2D eigenvalue weighted by Gasteiger charge is 2.22. The minimum atomic E-state index is 0.102. The number of amides is 2. The summed E-state index contributed by atoms with van der Waals surface area (Å²) in [6.07, 6.45) is 6.92. The fourth-order valence-electron chi connectivity index (χ4n) is 6.51. The molecule has 0 bridgehead atoms. The Labute approximate surface area is 294 Å². The van der Waals surface area contributed by atoms with Crippen molar-refractivity contribution in [1.29, 1.82) is 0 Å². The van der Waals surface area contributed by atoms with Gasteiger partial charge in [-0.3, -0.25) is 9.59 Å². The van der Waals surface area contributed by atoms with E-state index in [1.165, 1.54) is 0 Å². The lowest BCUT2D eigenvalue weighted by atomic mass is 9.98. The topological polar surface area (TPSA) is 122 Å². The predicted molar refractivity (Wildman–Crippen MR) is 192 cm³/mol. The number of methoxy groups -OCH3 is 1. The van der Waals surface area contributed by atoms with Crippen LogP contribution in [-0.2, 0) is 22.7 Å². The van der Waals surface area contributed by atoms with Crippen LogP contribution < -0.4 is 26.0 Å². The highest BCUT2D eigenvalue weighted by atomic mass is 35.5. The number of fused-ring (bicyclic) bond motifs is 1. The average molecular weight is 699 g/mol. The molecule has 0 radical (unpaired) electrons. The molecule has 7 rings (SSSR count). The fraction of sp³-hybridized carbons (Fsp3) is 0.297. The van der Waals surface area contributed by atoms with Crippen molar-refractivity contribution in [2.75, 3.05) is 20.2 Å². The maximum absolute atomic E-state index is 11.5. The van der Waals surface area contributed by atoms with Gasteiger partial charge in [-0.2, -0.15) is 0 Å². The number of ether oxygens (including phenoxy) is 1. The predicted octanol–water partition coefficient (Wildman–Crippen LogP) is 5.78. The molecule has 2 saturated heterocycles. The normalized spacial score (nSPS) is 17.4. The van der Waals surface area contributed by atoms with E-state index in [9.17, 15) is 9.59 Å². The quantitative estimate of drug-likeness (QED) is 0.130. The first-order valence-electron chi connectivity index (χ1n) is 16.5. The molecule has 3 aromatic heterocycles. The van der Waals surface area contributed by atoms with E-state index in [0.717, 1.165) is 64.1 Å². The van der Waals surface area contributed by atoms with Crippen LogP contribution in [0.5, 0.6) is 5.88 Å². The Balaban J connectivity index is 1.09. The van der Waals surface area contributed by atoms with Crippen molar-refractivity contribution in [3.63, 3.8) is 0 Å². The summed E-state index contributed by atoms with van der Waals surface area (Å²) < 4.78 is 7.66. The second-order valence-corrected chi connectivity index (χ2v) is 13.3. The van der Waals surface area contributed by atoms with Gasteiger partial charge in [0.05, 0.1) is 28.5 Å². The van der Waals surface area contributed by atoms with Crippen LogP contribution in [0.15, 0.2) is 73.1 Å². The van der Waals surface area contributed by atoms with Crippen LogP contribution in [0.1, 0.15) is 36.8 Å². The summed E-state index contributed by atoms with van der Waals surface area (Å²) >= 11 is 14.2. The van der Waals surface area contributed by atoms with Crippen molar-refractivity contribution in [2.45, 2.75) is 50.9 Å². The Kier molecular flexibility index (Phi) is 9.81. The number of halogens is 2. The van der Waals surface area contributed by atoms with Crippen LogP contribution in [0.25, 0.3) is 39.3 Å². The number of hydrogen-bond acceptors (Lipinski definition) is 7. The number of pyridine rings is 2.